The summed E-state index contributed by atoms with van der Waals surface area (Å²) in [6.07, 6.45) is 1.81. The smallest absolute Gasteiger partial charge is 0.303 e. The van der Waals surface area contributed by atoms with Gasteiger partial charge in [-0.15, -0.1) is 0 Å². The molecule has 0 spiro atoms. The number of methoxy groups -OCH3 is 2. The first-order chi connectivity index (χ1) is 13.8. The highest BCUT2D eigenvalue weighted by atomic mass is 32.2. The van der Waals surface area contributed by atoms with Crippen LogP contribution >= 0.6 is 24.0 Å². The maximum absolute atomic E-state index is 12.6. The summed E-state index contributed by atoms with van der Waals surface area (Å²) >= 11 is 6.25. The molecule has 9 nitrogen and oxygen atoms in total. The molecular formula is C18H20N2O7S2. The molecule has 2 rings (SSSR count). The summed E-state index contributed by atoms with van der Waals surface area (Å²) in [6, 6.07) is 3.08. The summed E-state index contributed by atoms with van der Waals surface area (Å²) < 4.78 is 10.4. The number of nitrogens with zero attached hydrogens (tertiary/aromatic N) is 1. The van der Waals surface area contributed by atoms with Crippen molar-refractivity contribution >= 4 is 52.2 Å². The number of carboxylic acid groups (broad SMARTS) is 1. The molecule has 1 aliphatic rings. The number of aliphatic carboxylic acids is 1. The molecule has 0 bridgehead atoms. The van der Waals surface area contributed by atoms with Crippen LogP contribution < -0.4 is 14.8 Å². The molecule has 1 saturated heterocycles. The number of carbonyl (C=O) groups excluding carboxylic acids is 2. The number of amides is 2. The molecular weight excluding hydrogens is 420 g/mol. The molecule has 29 heavy (non-hydrogen) atoms. The van der Waals surface area contributed by atoms with E-state index >= 15 is 0 Å². The number of thiocarbonyl (C=S) groups is 1. The molecule has 156 valence electrons. The van der Waals surface area contributed by atoms with E-state index in [-0.39, 0.29) is 41.1 Å². The van der Waals surface area contributed by atoms with Crippen LogP contribution in [0, 0.1) is 0 Å². The van der Waals surface area contributed by atoms with Crippen LogP contribution in [-0.2, 0) is 14.4 Å². The van der Waals surface area contributed by atoms with E-state index in [2.05, 4.69) is 5.32 Å². The molecule has 11 heteroatoms. The van der Waals surface area contributed by atoms with Gasteiger partial charge in [0.2, 0.25) is 11.7 Å². The number of hydrogen-bond donors (Lipinski definition) is 3. The summed E-state index contributed by atoms with van der Waals surface area (Å²) in [5, 5.41) is 21.1. The number of carbonyl (C=O) groups is 3. The van der Waals surface area contributed by atoms with Crippen LogP contribution in [0.25, 0.3) is 6.08 Å². The lowest BCUT2D eigenvalue weighted by Gasteiger charge is -2.14. The van der Waals surface area contributed by atoms with Gasteiger partial charge in [0, 0.05) is 13.0 Å². The summed E-state index contributed by atoms with van der Waals surface area (Å²) in [5.74, 6) is -1.57. The Kier molecular flexibility index (Phi) is 7.85. The Labute approximate surface area is 176 Å². The lowest BCUT2D eigenvalue weighted by atomic mass is 10.1. The van der Waals surface area contributed by atoms with Crippen molar-refractivity contribution < 1.29 is 34.1 Å². The number of nitrogens with one attached hydrogen (secondary N) is 1. The molecule has 0 radical (unpaired) electrons. The largest absolute Gasteiger partial charge is 0.502 e. The van der Waals surface area contributed by atoms with Gasteiger partial charge in [0.25, 0.3) is 5.91 Å². The van der Waals surface area contributed by atoms with Gasteiger partial charge in [0.1, 0.15) is 10.9 Å². The Hall–Kier alpha value is -2.79. The molecule has 1 aliphatic heterocycles. The Morgan fingerprint density at radius 1 is 1.28 bits per heavy atom. The highest BCUT2D eigenvalue weighted by Gasteiger charge is 2.33. The van der Waals surface area contributed by atoms with Gasteiger partial charge in [-0.05, 0) is 30.2 Å². The lowest BCUT2D eigenvalue weighted by Crippen LogP contribution is -2.39. The fourth-order valence-electron chi connectivity index (χ4n) is 2.45. The number of phenolic OH excluding ortho intramolecular Hbond substituents is 1. The van der Waals surface area contributed by atoms with E-state index in [0.717, 1.165) is 11.8 Å². The van der Waals surface area contributed by atoms with Crippen molar-refractivity contribution in [2.24, 2.45) is 0 Å². The third-order valence-corrected chi connectivity index (χ3v) is 5.24. The van der Waals surface area contributed by atoms with Gasteiger partial charge in [-0.3, -0.25) is 19.3 Å². The normalized spacial score (nSPS) is 15.0. The summed E-state index contributed by atoms with van der Waals surface area (Å²) in [4.78, 5) is 36.6. The highest BCUT2D eigenvalue weighted by Crippen LogP contribution is 2.39. The minimum absolute atomic E-state index is 0.0520. The van der Waals surface area contributed by atoms with Crippen molar-refractivity contribution in [2.45, 2.75) is 12.8 Å². The van der Waals surface area contributed by atoms with Crippen molar-refractivity contribution in [3.63, 3.8) is 0 Å². The van der Waals surface area contributed by atoms with Crippen LogP contribution in [0.4, 0.5) is 0 Å². The van der Waals surface area contributed by atoms with Crippen LogP contribution in [0.5, 0.6) is 17.2 Å². The van der Waals surface area contributed by atoms with Gasteiger partial charge in [-0.2, -0.15) is 0 Å². The van der Waals surface area contributed by atoms with Crippen molar-refractivity contribution in [2.75, 3.05) is 27.3 Å². The van der Waals surface area contributed by atoms with Gasteiger partial charge in [0.15, 0.2) is 11.5 Å². The Bertz CT molecular complexity index is 845. The molecule has 1 fully saturated rings. The first-order valence-corrected chi connectivity index (χ1v) is 9.68. The predicted molar refractivity (Wildman–Crippen MR) is 111 cm³/mol. The zero-order valence-electron chi connectivity index (χ0n) is 15.8. The fourth-order valence-corrected chi connectivity index (χ4v) is 3.71. The van der Waals surface area contributed by atoms with Crippen molar-refractivity contribution in [3.8, 4) is 17.2 Å². The molecule has 0 aromatic heterocycles. The molecule has 0 aliphatic carbocycles. The number of benzene rings is 1. The van der Waals surface area contributed by atoms with Crippen LogP contribution in [0.2, 0.25) is 0 Å². The zero-order valence-corrected chi connectivity index (χ0v) is 17.4. The molecule has 0 saturated carbocycles. The average Bonchev–Trinajstić information content (AvgIpc) is 2.93. The maximum Gasteiger partial charge on any atom is 0.303 e. The molecule has 1 heterocycles. The third kappa shape index (κ3) is 5.84. The summed E-state index contributed by atoms with van der Waals surface area (Å²) in [6.45, 7) is -0.0554. The van der Waals surface area contributed by atoms with Gasteiger partial charge in [-0.25, -0.2) is 0 Å². The Balaban J connectivity index is 2.08. The van der Waals surface area contributed by atoms with E-state index in [9.17, 15) is 19.5 Å². The maximum atomic E-state index is 12.6. The monoisotopic (exact) mass is 440 g/mol. The first-order valence-electron chi connectivity index (χ1n) is 8.45. The molecule has 2 amide bonds. The molecule has 0 unspecified atom stereocenters. The minimum atomic E-state index is -0.941. The summed E-state index contributed by atoms with van der Waals surface area (Å²) in [5.41, 5.74) is 0.551. The van der Waals surface area contributed by atoms with E-state index in [0.29, 0.717) is 16.9 Å². The molecule has 1 aromatic rings. The zero-order chi connectivity index (χ0) is 21.6. The number of hydrogen-bond acceptors (Lipinski definition) is 8. The second-order valence-electron chi connectivity index (χ2n) is 5.89. The number of aromatic hydroxyl groups is 1. The minimum Gasteiger partial charge on any atom is -0.502 e. The van der Waals surface area contributed by atoms with Gasteiger partial charge < -0.3 is 25.0 Å². The van der Waals surface area contributed by atoms with E-state index in [1.54, 1.807) is 18.2 Å². The van der Waals surface area contributed by atoms with Gasteiger partial charge in [0.05, 0.1) is 19.1 Å². The van der Waals surface area contributed by atoms with Gasteiger partial charge >= 0.3 is 5.97 Å². The van der Waals surface area contributed by atoms with Crippen LogP contribution in [0.3, 0.4) is 0 Å². The predicted octanol–water partition coefficient (Wildman–Crippen LogP) is 1.59. The number of phenols is 1. The van der Waals surface area contributed by atoms with Crippen LogP contribution in [0.15, 0.2) is 17.0 Å². The quantitative estimate of drug-likeness (QED) is 0.298. The number of thioether (sulfide) groups is 1. The van der Waals surface area contributed by atoms with Crippen molar-refractivity contribution in [1.29, 1.82) is 0 Å². The molecule has 0 atom stereocenters. The molecule has 1 aromatic carbocycles. The number of ether oxygens (including phenoxy) is 2. The van der Waals surface area contributed by atoms with E-state index in [4.69, 9.17) is 26.8 Å². The van der Waals surface area contributed by atoms with Gasteiger partial charge in [-0.1, -0.05) is 24.0 Å². The SMILES string of the molecule is COc1cc(/C=C2\SC(=S)N(CC(=O)NCCCC(=O)O)C2=O)cc(OC)c1O. The molecule has 3 N–H and O–H groups in total. The van der Waals surface area contributed by atoms with Crippen LogP contribution in [0.1, 0.15) is 18.4 Å². The third-order valence-electron chi connectivity index (χ3n) is 3.86. The number of carboxylic acids is 1. The highest BCUT2D eigenvalue weighted by molar-refractivity contribution is 8.26. The lowest BCUT2D eigenvalue weighted by molar-refractivity contribution is -0.137. The Morgan fingerprint density at radius 2 is 1.90 bits per heavy atom. The topological polar surface area (TPSA) is 125 Å². The van der Waals surface area contributed by atoms with E-state index in [1.165, 1.54) is 19.1 Å². The van der Waals surface area contributed by atoms with Crippen molar-refractivity contribution in [1.82, 2.24) is 10.2 Å². The first kappa shape index (κ1) is 22.5. The summed E-state index contributed by atoms with van der Waals surface area (Å²) in [7, 11) is 2.79. The van der Waals surface area contributed by atoms with E-state index < -0.39 is 17.8 Å². The van der Waals surface area contributed by atoms with Crippen molar-refractivity contribution in [3.05, 3.63) is 22.6 Å². The fraction of sp³-hybridized carbons (Fsp3) is 0.333. The van der Waals surface area contributed by atoms with Crippen LogP contribution in [-0.4, -0.2) is 64.5 Å². The van der Waals surface area contributed by atoms with E-state index in [1.807, 2.05) is 0 Å². The number of rotatable bonds is 9. The Morgan fingerprint density at radius 3 is 2.45 bits per heavy atom. The standard InChI is InChI=1S/C18H20N2O7S2/c1-26-11-6-10(7-12(27-2)16(11)24)8-13-17(25)20(18(28)29-13)9-14(21)19-5-3-4-15(22)23/h6-8,24H,3-5,9H2,1-2H3,(H,19,21)(H,22,23)/b13-8-. The second-order valence-corrected chi connectivity index (χ2v) is 7.56. The average molecular weight is 440 g/mol. The second kappa shape index (κ2) is 10.1.